The Morgan fingerprint density at radius 1 is 1.21 bits per heavy atom. The maximum atomic E-state index is 12.4. The van der Waals surface area contributed by atoms with E-state index in [9.17, 15) is 9.59 Å². The molecule has 0 radical (unpaired) electrons. The molecule has 1 heterocycles. The van der Waals surface area contributed by atoms with Crippen molar-refractivity contribution in [1.82, 2.24) is 0 Å². The van der Waals surface area contributed by atoms with Gasteiger partial charge >= 0.3 is 5.97 Å². The molecule has 1 aliphatic rings. The van der Waals surface area contributed by atoms with E-state index in [2.05, 4.69) is 5.32 Å². The molecule has 1 aliphatic heterocycles. The van der Waals surface area contributed by atoms with Crippen LogP contribution in [-0.2, 0) is 14.3 Å². The summed E-state index contributed by atoms with van der Waals surface area (Å²) in [6.45, 7) is 0.369. The van der Waals surface area contributed by atoms with Crippen LogP contribution in [-0.4, -0.2) is 52.0 Å². The Hall–Kier alpha value is -2.32. The lowest BCUT2D eigenvalue weighted by Crippen LogP contribution is -2.30. The van der Waals surface area contributed by atoms with Crippen molar-refractivity contribution < 1.29 is 28.5 Å². The monoisotopic (exact) mass is 338 g/mol. The third-order valence-electron chi connectivity index (χ3n) is 3.85. The van der Waals surface area contributed by atoms with E-state index in [4.69, 9.17) is 24.7 Å². The molecule has 0 saturated carbocycles. The van der Waals surface area contributed by atoms with Gasteiger partial charge in [0.15, 0.2) is 11.5 Å². The minimum Gasteiger partial charge on any atom is -0.493 e. The number of carbonyl (C=O) groups excluding carboxylic acids is 2. The number of nitrogens with two attached hydrogens (primary N) is 1. The number of hydrogen-bond acceptors (Lipinski definition) is 7. The number of esters is 1. The van der Waals surface area contributed by atoms with Gasteiger partial charge in [-0.1, -0.05) is 0 Å². The zero-order valence-electron chi connectivity index (χ0n) is 14.0. The van der Waals surface area contributed by atoms with Crippen LogP contribution in [0, 0.1) is 0 Å². The minimum absolute atomic E-state index is 0.119. The van der Waals surface area contributed by atoms with E-state index in [0.29, 0.717) is 24.5 Å². The van der Waals surface area contributed by atoms with Crippen LogP contribution in [0.1, 0.15) is 23.2 Å². The molecule has 8 nitrogen and oxygen atoms in total. The normalized spacial score (nSPS) is 19.7. The first-order valence-electron chi connectivity index (χ1n) is 7.54. The number of methoxy groups -OCH3 is 3. The molecular weight excluding hydrogens is 316 g/mol. The van der Waals surface area contributed by atoms with Crippen molar-refractivity contribution in [3.63, 3.8) is 0 Å². The van der Waals surface area contributed by atoms with Crippen LogP contribution in [0.25, 0.3) is 0 Å². The predicted molar refractivity (Wildman–Crippen MR) is 86.5 cm³/mol. The zero-order chi connectivity index (χ0) is 17.7. The second kappa shape index (κ2) is 7.98. The summed E-state index contributed by atoms with van der Waals surface area (Å²) in [6, 6.07) is 2.97. The molecule has 1 amide bonds. The third-order valence-corrected chi connectivity index (χ3v) is 3.85. The van der Waals surface area contributed by atoms with Crippen LogP contribution in [0.5, 0.6) is 11.5 Å². The van der Waals surface area contributed by atoms with Crippen LogP contribution in [0.2, 0.25) is 0 Å². The van der Waals surface area contributed by atoms with E-state index in [-0.39, 0.29) is 23.3 Å². The maximum Gasteiger partial charge on any atom is 0.340 e. The number of hydrogen-bond donors (Lipinski definition) is 2. The highest BCUT2D eigenvalue weighted by molar-refractivity contribution is 6.03. The fourth-order valence-electron chi connectivity index (χ4n) is 2.55. The number of nitrogens with one attached hydrogen (secondary N) is 1. The van der Waals surface area contributed by atoms with Gasteiger partial charge in [0.2, 0.25) is 0 Å². The van der Waals surface area contributed by atoms with Crippen molar-refractivity contribution in [2.75, 3.05) is 33.2 Å². The summed E-state index contributed by atoms with van der Waals surface area (Å²) >= 11 is 0. The Balaban J connectivity index is 2.27. The lowest BCUT2D eigenvalue weighted by Gasteiger charge is -2.17. The summed E-state index contributed by atoms with van der Waals surface area (Å²) in [5.41, 5.74) is 5.98. The van der Waals surface area contributed by atoms with Crippen molar-refractivity contribution in [2.45, 2.75) is 25.0 Å². The van der Waals surface area contributed by atoms with Gasteiger partial charge in [0.25, 0.3) is 5.91 Å². The molecule has 0 bridgehead atoms. The summed E-state index contributed by atoms with van der Waals surface area (Å²) in [7, 11) is 4.18. The van der Waals surface area contributed by atoms with E-state index in [1.807, 2.05) is 0 Å². The third kappa shape index (κ3) is 3.77. The highest BCUT2D eigenvalue weighted by Gasteiger charge is 2.31. The molecule has 0 aliphatic carbocycles. The van der Waals surface area contributed by atoms with Crippen LogP contribution >= 0.6 is 0 Å². The van der Waals surface area contributed by atoms with Gasteiger partial charge in [0, 0.05) is 18.7 Å². The molecule has 0 unspecified atom stereocenters. The number of anilines is 1. The fraction of sp³-hybridized carbons (Fsp3) is 0.500. The van der Waals surface area contributed by atoms with E-state index in [0.717, 1.165) is 6.42 Å². The first kappa shape index (κ1) is 18.0. The number of carbonyl (C=O) groups is 2. The highest BCUT2D eigenvalue weighted by atomic mass is 16.5. The molecule has 132 valence electrons. The van der Waals surface area contributed by atoms with Crippen LogP contribution in [0.3, 0.4) is 0 Å². The van der Waals surface area contributed by atoms with Gasteiger partial charge in [-0.2, -0.15) is 0 Å². The summed E-state index contributed by atoms with van der Waals surface area (Å²) < 4.78 is 20.7. The van der Waals surface area contributed by atoms with Gasteiger partial charge < -0.3 is 30.0 Å². The molecule has 0 spiro atoms. The Morgan fingerprint density at radius 3 is 2.42 bits per heavy atom. The zero-order valence-corrected chi connectivity index (χ0v) is 14.0. The lowest BCUT2D eigenvalue weighted by molar-refractivity contribution is -0.126. The Labute approximate surface area is 140 Å². The lowest BCUT2D eigenvalue weighted by atomic mass is 10.1. The summed E-state index contributed by atoms with van der Waals surface area (Å²) in [5.74, 6) is -0.203. The molecule has 24 heavy (non-hydrogen) atoms. The van der Waals surface area contributed by atoms with E-state index >= 15 is 0 Å². The summed E-state index contributed by atoms with van der Waals surface area (Å²) in [6.07, 6.45) is 0.585. The smallest absolute Gasteiger partial charge is 0.340 e. The van der Waals surface area contributed by atoms with Crippen LogP contribution < -0.4 is 20.5 Å². The molecule has 8 heteroatoms. The van der Waals surface area contributed by atoms with Crippen molar-refractivity contribution >= 4 is 17.6 Å². The minimum atomic E-state index is -0.600. The van der Waals surface area contributed by atoms with Gasteiger partial charge in [-0.15, -0.1) is 0 Å². The first-order valence-corrected chi connectivity index (χ1v) is 7.54. The number of ether oxygens (including phenoxy) is 4. The highest BCUT2D eigenvalue weighted by Crippen LogP contribution is 2.34. The van der Waals surface area contributed by atoms with Crippen molar-refractivity contribution in [3.8, 4) is 11.5 Å². The van der Waals surface area contributed by atoms with Crippen molar-refractivity contribution in [2.24, 2.45) is 5.73 Å². The largest absolute Gasteiger partial charge is 0.493 e. The quantitative estimate of drug-likeness (QED) is 0.743. The van der Waals surface area contributed by atoms with Gasteiger partial charge in [-0.25, -0.2) is 4.79 Å². The second-order valence-corrected chi connectivity index (χ2v) is 5.29. The Kier molecular flexibility index (Phi) is 5.99. The van der Waals surface area contributed by atoms with Crippen LogP contribution in [0.15, 0.2) is 12.1 Å². The Morgan fingerprint density at radius 2 is 1.88 bits per heavy atom. The molecule has 1 aromatic rings. The topological polar surface area (TPSA) is 109 Å². The van der Waals surface area contributed by atoms with Gasteiger partial charge in [-0.3, -0.25) is 4.79 Å². The van der Waals surface area contributed by atoms with E-state index in [1.165, 1.54) is 33.5 Å². The molecule has 1 saturated heterocycles. The fourth-order valence-corrected chi connectivity index (χ4v) is 2.55. The SMILES string of the molecule is COC(=O)c1cc(OC)c(OC)cc1NC(=O)[C@@H]1CC[C@H](CN)O1. The first-order chi connectivity index (χ1) is 11.5. The summed E-state index contributed by atoms with van der Waals surface area (Å²) in [5, 5.41) is 2.70. The second-order valence-electron chi connectivity index (χ2n) is 5.29. The molecule has 2 rings (SSSR count). The van der Waals surface area contributed by atoms with Gasteiger partial charge in [0.05, 0.1) is 38.7 Å². The number of rotatable bonds is 6. The molecule has 1 aromatic carbocycles. The molecule has 2 atom stereocenters. The summed E-state index contributed by atoms with van der Waals surface area (Å²) in [4.78, 5) is 24.4. The average Bonchev–Trinajstić information content (AvgIpc) is 3.09. The standard InChI is InChI=1S/C16H22N2O6/c1-21-13-6-10(16(20)23-3)11(7-14(13)22-2)18-15(19)12-5-4-9(8-17)24-12/h6-7,9,12H,4-5,8,17H2,1-3H3,(H,18,19)/t9-,12+/m1/s1. The van der Waals surface area contributed by atoms with E-state index in [1.54, 1.807) is 0 Å². The van der Waals surface area contributed by atoms with Crippen LogP contribution in [0.4, 0.5) is 5.69 Å². The average molecular weight is 338 g/mol. The Bertz CT molecular complexity index is 619. The molecule has 0 aromatic heterocycles. The van der Waals surface area contributed by atoms with Crippen molar-refractivity contribution in [1.29, 1.82) is 0 Å². The molecule has 3 N–H and O–H groups in total. The predicted octanol–water partition coefficient (Wildman–Crippen LogP) is 0.935. The van der Waals surface area contributed by atoms with Gasteiger partial charge in [-0.05, 0) is 12.8 Å². The maximum absolute atomic E-state index is 12.4. The van der Waals surface area contributed by atoms with Crippen molar-refractivity contribution in [3.05, 3.63) is 17.7 Å². The molecular formula is C16H22N2O6. The van der Waals surface area contributed by atoms with E-state index < -0.39 is 12.1 Å². The number of amides is 1. The molecule has 1 fully saturated rings. The van der Waals surface area contributed by atoms with Gasteiger partial charge in [0.1, 0.15) is 6.10 Å². The number of benzene rings is 1.